The van der Waals surface area contributed by atoms with E-state index in [0.29, 0.717) is 12.5 Å². The fourth-order valence-electron chi connectivity index (χ4n) is 2.30. The molecule has 1 aromatic rings. The van der Waals surface area contributed by atoms with Gasteiger partial charge in [-0.2, -0.15) is 0 Å². The summed E-state index contributed by atoms with van der Waals surface area (Å²) in [5.74, 6) is 1.52. The molecule has 0 bridgehead atoms. The minimum absolute atomic E-state index is 0.114. The van der Waals surface area contributed by atoms with Gasteiger partial charge in [-0.3, -0.25) is 4.79 Å². The second-order valence-corrected chi connectivity index (χ2v) is 5.58. The lowest BCUT2D eigenvalue weighted by Gasteiger charge is -2.16. The quantitative estimate of drug-likeness (QED) is 0.830. The molecule has 0 radical (unpaired) electrons. The molecule has 4 nitrogen and oxygen atoms in total. The lowest BCUT2D eigenvalue weighted by atomic mass is 9.94. The Kier molecular flexibility index (Phi) is 4.77. The average Bonchev–Trinajstić information content (AvgIpc) is 2.84. The van der Waals surface area contributed by atoms with Gasteiger partial charge in [0.05, 0.1) is 12.2 Å². The van der Waals surface area contributed by atoms with E-state index in [4.69, 9.17) is 4.52 Å². The predicted molar refractivity (Wildman–Crippen MR) is 73.4 cm³/mol. The normalized spacial score (nSPS) is 18.8. The zero-order valence-electron chi connectivity index (χ0n) is 11.7. The minimum Gasteiger partial charge on any atom is -0.359 e. The van der Waals surface area contributed by atoms with E-state index in [2.05, 4.69) is 36.5 Å². The van der Waals surface area contributed by atoms with Crippen molar-refractivity contribution in [3.05, 3.63) is 29.7 Å². The fraction of sp³-hybridized carbons (Fsp3) is 0.600. The topological polar surface area (TPSA) is 55.1 Å². The van der Waals surface area contributed by atoms with Crippen molar-refractivity contribution in [1.82, 2.24) is 10.5 Å². The highest BCUT2D eigenvalue weighted by Crippen LogP contribution is 2.18. The summed E-state index contributed by atoms with van der Waals surface area (Å²) in [6.45, 7) is 4.73. The smallest absolute Gasteiger partial charge is 0.223 e. The summed E-state index contributed by atoms with van der Waals surface area (Å²) >= 11 is 0. The SMILES string of the molecule is CC(C)Cc1cc(CNC(=O)[C@@H]2CC=CCC2)on1. The molecule has 19 heavy (non-hydrogen) atoms. The van der Waals surface area contributed by atoms with Crippen molar-refractivity contribution in [3.63, 3.8) is 0 Å². The molecule has 0 fully saturated rings. The van der Waals surface area contributed by atoms with E-state index >= 15 is 0 Å². The van der Waals surface area contributed by atoms with Crippen LogP contribution < -0.4 is 5.32 Å². The standard InChI is InChI=1S/C15H22N2O2/c1-11(2)8-13-9-14(19-17-13)10-16-15(18)12-6-4-3-5-7-12/h3-4,9,11-12H,5-8,10H2,1-2H3,(H,16,18)/t12-/m1/s1. The van der Waals surface area contributed by atoms with E-state index in [0.717, 1.165) is 37.1 Å². The van der Waals surface area contributed by atoms with Gasteiger partial charge in [-0.05, 0) is 31.6 Å². The maximum atomic E-state index is 11.9. The highest BCUT2D eigenvalue weighted by Gasteiger charge is 2.18. The van der Waals surface area contributed by atoms with Crippen LogP contribution in [0.2, 0.25) is 0 Å². The van der Waals surface area contributed by atoms with E-state index in [9.17, 15) is 4.79 Å². The van der Waals surface area contributed by atoms with Crippen LogP contribution in [0.4, 0.5) is 0 Å². The summed E-state index contributed by atoms with van der Waals surface area (Å²) in [5, 5.41) is 6.94. The molecule has 1 aliphatic carbocycles. The van der Waals surface area contributed by atoms with E-state index in [-0.39, 0.29) is 11.8 Å². The number of nitrogens with zero attached hydrogens (tertiary/aromatic N) is 1. The number of carbonyl (C=O) groups excluding carboxylic acids is 1. The average molecular weight is 262 g/mol. The molecule has 1 aromatic heterocycles. The second kappa shape index (κ2) is 6.55. The molecule has 4 heteroatoms. The summed E-state index contributed by atoms with van der Waals surface area (Å²) in [5.41, 5.74) is 0.958. The Morgan fingerprint density at radius 3 is 3.05 bits per heavy atom. The monoisotopic (exact) mass is 262 g/mol. The zero-order chi connectivity index (χ0) is 13.7. The Hall–Kier alpha value is -1.58. The third-order valence-corrected chi connectivity index (χ3v) is 3.30. The van der Waals surface area contributed by atoms with E-state index in [1.807, 2.05) is 6.07 Å². The van der Waals surface area contributed by atoms with E-state index < -0.39 is 0 Å². The van der Waals surface area contributed by atoms with Crippen LogP contribution in [-0.2, 0) is 17.8 Å². The number of carbonyl (C=O) groups is 1. The van der Waals surface area contributed by atoms with Gasteiger partial charge in [0.2, 0.25) is 5.91 Å². The fourth-order valence-corrected chi connectivity index (χ4v) is 2.30. The first-order chi connectivity index (χ1) is 9.15. The zero-order valence-corrected chi connectivity index (χ0v) is 11.7. The number of hydrogen-bond acceptors (Lipinski definition) is 3. The van der Waals surface area contributed by atoms with Crippen molar-refractivity contribution in [3.8, 4) is 0 Å². The molecule has 0 aliphatic heterocycles. The molecule has 2 rings (SSSR count). The van der Waals surface area contributed by atoms with Crippen LogP contribution in [-0.4, -0.2) is 11.1 Å². The lowest BCUT2D eigenvalue weighted by molar-refractivity contribution is -0.125. The molecule has 0 saturated carbocycles. The van der Waals surface area contributed by atoms with Crippen molar-refractivity contribution >= 4 is 5.91 Å². The van der Waals surface area contributed by atoms with Gasteiger partial charge in [0.15, 0.2) is 5.76 Å². The van der Waals surface area contributed by atoms with Crippen LogP contribution in [0.1, 0.15) is 44.6 Å². The molecule has 1 aliphatic rings. The van der Waals surface area contributed by atoms with Crippen molar-refractivity contribution in [2.75, 3.05) is 0 Å². The summed E-state index contributed by atoms with van der Waals surface area (Å²) in [6.07, 6.45) is 7.92. The van der Waals surface area contributed by atoms with Crippen molar-refractivity contribution in [2.24, 2.45) is 11.8 Å². The van der Waals surface area contributed by atoms with Gasteiger partial charge in [0, 0.05) is 12.0 Å². The Morgan fingerprint density at radius 2 is 2.37 bits per heavy atom. The highest BCUT2D eigenvalue weighted by atomic mass is 16.5. The summed E-state index contributed by atoms with van der Waals surface area (Å²) < 4.78 is 5.22. The molecular weight excluding hydrogens is 240 g/mol. The van der Waals surface area contributed by atoms with Crippen LogP contribution in [0.15, 0.2) is 22.7 Å². The van der Waals surface area contributed by atoms with Crippen LogP contribution >= 0.6 is 0 Å². The molecule has 0 saturated heterocycles. The molecule has 0 spiro atoms. The maximum absolute atomic E-state index is 11.9. The van der Waals surface area contributed by atoms with Crippen LogP contribution in [0.3, 0.4) is 0 Å². The second-order valence-electron chi connectivity index (χ2n) is 5.58. The Morgan fingerprint density at radius 1 is 1.53 bits per heavy atom. The molecule has 1 atom stereocenters. The number of nitrogens with one attached hydrogen (secondary N) is 1. The Bertz CT molecular complexity index is 449. The largest absolute Gasteiger partial charge is 0.359 e. The molecule has 0 unspecified atom stereocenters. The number of rotatable bonds is 5. The first-order valence-electron chi connectivity index (χ1n) is 7.02. The number of hydrogen-bond donors (Lipinski definition) is 1. The first-order valence-corrected chi connectivity index (χ1v) is 7.02. The molecule has 0 aromatic carbocycles. The predicted octanol–water partition coefficient (Wildman–Crippen LogP) is 2.85. The van der Waals surface area contributed by atoms with Crippen molar-refractivity contribution < 1.29 is 9.32 Å². The van der Waals surface area contributed by atoms with Gasteiger partial charge in [0.1, 0.15) is 0 Å². The third-order valence-electron chi connectivity index (χ3n) is 3.30. The molecule has 1 heterocycles. The minimum atomic E-state index is 0.114. The number of amides is 1. The van der Waals surface area contributed by atoms with Gasteiger partial charge >= 0.3 is 0 Å². The van der Waals surface area contributed by atoms with Gasteiger partial charge in [0.25, 0.3) is 0 Å². The maximum Gasteiger partial charge on any atom is 0.223 e. The molecule has 1 amide bonds. The molecular formula is C15H22N2O2. The molecule has 104 valence electrons. The number of allylic oxidation sites excluding steroid dienone is 2. The number of aromatic nitrogens is 1. The van der Waals surface area contributed by atoms with Gasteiger partial charge in [-0.25, -0.2) is 0 Å². The Labute approximate surface area is 114 Å². The van der Waals surface area contributed by atoms with Crippen LogP contribution in [0.25, 0.3) is 0 Å². The lowest BCUT2D eigenvalue weighted by Crippen LogP contribution is -2.30. The van der Waals surface area contributed by atoms with Crippen molar-refractivity contribution in [1.29, 1.82) is 0 Å². The van der Waals surface area contributed by atoms with E-state index in [1.54, 1.807) is 0 Å². The van der Waals surface area contributed by atoms with Gasteiger partial charge in [-0.15, -0.1) is 0 Å². The summed E-state index contributed by atoms with van der Waals surface area (Å²) in [6, 6.07) is 1.93. The summed E-state index contributed by atoms with van der Waals surface area (Å²) in [4.78, 5) is 11.9. The first kappa shape index (κ1) is 13.8. The molecule has 1 N–H and O–H groups in total. The van der Waals surface area contributed by atoms with Crippen LogP contribution in [0.5, 0.6) is 0 Å². The Balaban J connectivity index is 1.79. The van der Waals surface area contributed by atoms with Crippen LogP contribution in [0, 0.1) is 11.8 Å². The highest BCUT2D eigenvalue weighted by molar-refractivity contribution is 5.78. The summed E-state index contributed by atoms with van der Waals surface area (Å²) in [7, 11) is 0. The van der Waals surface area contributed by atoms with Gasteiger partial charge < -0.3 is 9.84 Å². The van der Waals surface area contributed by atoms with Gasteiger partial charge in [-0.1, -0.05) is 31.2 Å². The van der Waals surface area contributed by atoms with E-state index in [1.165, 1.54) is 0 Å². The van der Waals surface area contributed by atoms with Crippen molar-refractivity contribution in [2.45, 2.75) is 46.1 Å². The third kappa shape index (κ3) is 4.23.